The number of nitrogens with one attached hydrogen (secondary N) is 1. The Kier molecular flexibility index (Phi) is 4.68. The first kappa shape index (κ1) is 14.7. The van der Waals surface area contributed by atoms with Gasteiger partial charge in [0.05, 0.1) is 11.1 Å². The molecule has 21 heavy (non-hydrogen) atoms. The van der Waals surface area contributed by atoms with Gasteiger partial charge < -0.3 is 10.4 Å². The fraction of sp³-hybridized carbons (Fsp3) is 0.471. The molecule has 0 radical (unpaired) electrons. The van der Waals surface area contributed by atoms with Crippen molar-refractivity contribution in [1.29, 1.82) is 0 Å². The molecule has 4 heteroatoms. The van der Waals surface area contributed by atoms with E-state index in [1.807, 2.05) is 47.9 Å². The number of aliphatic hydroxyl groups excluding tert-OH is 1. The lowest BCUT2D eigenvalue weighted by Crippen LogP contribution is -2.27. The van der Waals surface area contributed by atoms with Gasteiger partial charge >= 0.3 is 0 Å². The molecule has 0 spiro atoms. The van der Waals surface area contributed by atoms with Crippen LogP contribution in [0.3, 0.4) is 0 Å². The van der Waals surface area contributed by atoms with E-state index >= 15 is 0 Å². The van der Waals surface area contributed by atoms with Crippen LogP contribution in [-0.2, 0) is 6.54 Å². The highest BCUT2D eigenvalue weighted by Gasteiger charge is 2.26. The van der Waals surface area contributed by atoms with Gasteiger partial charge in [0.25, 0.3) is 0 Å². The molecule has 1 aromatic heterocycles. The lowest BCUT2D eigenvalue weighted by molar-refractivity contribution is 0.154. The zero-order valence-electron chi connectivity index (χ0n) is 12.3. The Morgan fingerprint density at radius 1 is 1.33 bits per heavy atom. The van der Waals surface area contributed by atoms with Crippen molar-refractivity contribution in [3.63, 3.8) is 0 Å². The first-order valence-electron chi connectivity index (χ1n) is 7.63. The first-order valence-corrected chi connectivity index (χ1v) is 8.45. The summed E-state index contributed by atoms with van der Waals surface area (Å²) in [5.41, 5.74) is 0.986. The zero-order valence-corrected chi connectivity index (χ0v) is 13.1. The van der Waals surface area contributed by atoms with E-state index in [1.165, 1.54) is 22.7 Å². The molecule has 0 amide bonds. The Bertz CT molecular complexity index is 565. The predicted molar refractivity (Wildman–Crippen MR) is 86.4 cm³/mol. The number of hydrogen-bond acceptors (Lipinski definition) is 4. The van der Waals surface area contributed by atoms with E-state index in [2.05, 4.69) is 17.2 Å². The van der Waals surface area contributed by atoms with E-state index in [-0.39, 0.29) is 6.04 Å². The Morgan fingerprint density at radius 2 is 2.10 bits per heavy atom. The Morgan fingerprint density at radius 3 is 2.81 bits per heavy atom. The molecule has 1 aliphatic carbocycles. The fourth-order valence-electron chi connectivity index (χ4n) is 2.43. The predicted octanol–water partition coefficient (Wildman–Crippen LogP) is 3.62. The summed E-state index contributed by atoms with van der Waals surface area (Å²) in [7, 11) is 0. The number of nitrogens with zero attached hydrogens (tertiary/aromatic N) is 1. The molecule has 2 atom stereocenters. The van der Waals surface area contributed by atoms with Crippen LogP contribution in [0.25, 0.3) is 0 Å². The van der Waals surface area contributed by atoms with Gasteiger partial charge in [-0.3, -0.25) is 0 Å². The minimum absolute atomic E-state index is 0.270. The third-order valence-corrected chi connectivity index (χ3v) is 5.04. The highest BCUT2D eigenvalue weighted by atomic mass is 32.1. The number of aliphatic hydroxyl groups is 1. The number of aromatic nitrogens is 1. The van der Waals surface area contributed by atoms with Crippen LogP contribution < -0.4 is 5.32 Å². The maximum atomic E-state index is 10.2. The monoisotopic (exact) mass is 302 g/mol. The van der Waals surface area contributed by atoms with Gasteiger partial charge in [0.2, 0.25) is 0 Å². The van der Waals surface area contributed by atoms with Crippen molar-refractivity contribution in [2.24, 2.45) is 0 Å². The van der Waals surface area contributed by atoms with Crippen LogP contribution in [0, 0.1) is 0 Å². The number of rotatable bonds is 7. The van der Waals surface area contributed by atoms with Crippen LogP contribution in [0.4, 0.5) is 0 Å². The van der Waals surface area contributed by atoms with Crippen LogP contribution in [0.5, 0.6) is 0 Å². The van der Waals surface area contributed by atoms with Crippen LogP contribution in [-0.4, -0.2) is 16.1 Å². The Hall–Kier alpha value is -1.23. The normalized spacial score (nSPS) is 17.6. The van der Waals surface area contributed by atoms with Gasteiger partial charge in [0, 0.05) is 29.6 Å². The molecule has 0 aliphatic heterocycles. The summed E-state index contributed by atoms with van der Waals surface area (Å²) in [4.78, 5) is 5.78. The van der Waals surface area contributed by atoms with E-state index < -0.39 is 6.10 Å². The number of thiazole rings is 1. The molecule has 2 aromatic rings. The molecular formula is C17H22N2OS. The third-order valence-electron chi connectivity index (χ3n) is 3.88. The molecule has 112 valence electrons. The second kappa shape index (κ2) is 6.69. The molecule has 2 N–H and O–H groups in total. The molecule has 0 saturated heterocycles. The van der Waals surface area contributed by atoms with Gasteiger partial charge in [-0.2, -0.15) is 0 Å². The standard InChI is InChI=1S/C17H22N2OS/c1-12(9-16(20)13-5-3-2-4-6-13)18-10-15-11-19-17(21-15)14-7-8-14/h2-6,11-12,14,16,18,20H,7-10H2,1H3. The Balaban J connectivity index is 1.46. The van der Waals surface area contributed by atoms with Crippen molar-refractivity contribution in [3.8, 4) is 0 Å². The lowest BCUT2D eigenvalue weighted by Gasteiger charge is -2.17. The van der Waals surface area contributed by atoms with Crippen LogP contribution in [0.15, 0.2) is 36.5 Å². The molecule has 1 fully saturated rings. The maximum absolute atomic E-state index is 10.2. The lowest BCUT2D eigenvalue weighted by atomic mass is 10.0. The van der Waals surface area contributed by atoms with E-state index in [9.17, 15) is 5.11 Å². The summed E-state index contributed by atoms with van der Waals surface area (Å²) >= 11 is 1.82. The van der Waals surface area contributed by atoms with E-state index in [1.54, 1.807) is 0 Å². The molecule has 3 nitrogen and oxygen atoms in total. The second-order valence-corrected chi connectivity index (χ2v) is 7.03. The molecular weight excluding hydrogens is 280 g/mol. The van der Waals surface area contributed by atoms with Crippen molar-refractivity contribution in [2.75, 3.05) is 0 Å². The largest absolute Gasteiger partial charge is 0.388 e. The average molecular weight is 302 g/mol. The van der Waals surface area contributed by atoms with E-state index in [0.29, 0.717) is 0 Å². The van der Waals surface area contributed by atoms with Crippen LogP contribution >= 0.6 is 11.3 Å². The average Bonchev–Trinajstić information content (AvgIpc) is 3.25. The molecule has 1 saturated carbocycles. The van der Waals surface area contributed by atoms with Crippen molar-refractivity contribution < 1.29 is 5.11 Å². The maximum Gasteiger partial charge on any atom is 0.0959 e. The van der Waals surface area contributed by atoms with Crippen molar-refractivity contribution >= 4 is 11.3 Å². The summed E-state index contributed by atoms with van der Waals surface area (Å²) in [6.45, 7) is 2.96. The Labute approximate surface area is 130 Å². The molecule has 1 heterocycles. The van der Waals surface area contributed by atoms with Gasteiger partial charge in [-0.05, 0) is 31.7 Å². The van der Waals surface area contributed by atoms with Gasteiger partial charge in [-0.15, -0.1) is 11.3 Å². The third kappa shape index (κ3) is 4.13. The van der Waals surface area contributed by atoms with Gasteiger partial charge in [0.15, 0.2) is 0 Å². The molecule has 0 bridgehead atoms. The van der Waals surface area contributed by atoms with Crippen LogP contribution in [0.1, 0.15) is 53.7 Å². The summed E-state index contributed by atoms with van der Waals surface area (Å²) in [5, 5.41) is 15.0. The minimum atomic E-state index is -0.405. The minimum Gasteiger partial charge on any atom is -0.388 e. The SMILES string of the molecule is CC(CC(O)c1ccccc1)NCc1cnc(C2CC2)s1. The summed E-state index contributed by atoms with van der Waals surface area (Å²) in [6.07, 6.45) is 4.92. The highest BCUT2D eigenvalue weighted by molar-refractivity contribution is 7.11. The number of benzene rings is 1. The second-order valence-electron chi connectivity index (χ2n) is 5.88. The van der Waals surface area contributed by atoms with Crippen LogP contribution in [0.2, 0.25) is 0 Å². The molecule has 1 aliphatic rings. The van der Waals surface area contributed by atoms with Crippen molar-refractivity contribution in [3.05, 3.63) is 52.0 Å². The number of hydrogen-bond donors (Lipinski definition) is 2. The van der Waals surface area contributed by atoms with Gasteiger partial charge in [0.1, 0.15) is 0 Å². The molecule has 3 rings (SSSR count). The van der Waals surface area contributed by atoms with Gasteiger partial charge in [-0.25, -0.2) is 4.98 Å². The first-order chi connectivity index (χ1) is 10.2. The highest BCUT2D eigenvalue weighted by Crippen LogP contribution is 2.41. The van der Waals surface area contributed by atoms with Crippen molar-refractivity contribution in [1.82, 2.24) is 10.3 Å². The summed E-state index contributed by atoms with van der Waals surface area (Å²) in [5.74, 6) is 0.737. The molecule has 1 aromatic carbocycles. The van der Waals surface area contributed by atoms with E-state index in [4.69, 9.17) is 0 Å². The summed E-state index contributed by atoms with van der Waals surface area (Å²) < 4.78 is 0. The van der Waals surface area contributed by atoms with Crippen molar-refractivity contribution in [2.45, 2.75) is 50.8 Å². The topological polar surface area (TPSA) is 45.1 Å². The zero-order chi connectivity index (χ0) is 14.7. The van der Waals surface area contributed by atoms with E-state index in [0.717, 1.165) is 24.4 Å². The summed E-state index contributed by atoms with van der Waals surface area (Å²) in [6, 6.07) is 10.1. The van der Waals surface area contributed by atoms with Gasteiger partial charge in [-0.1, -0.05) is 30.3 Å². The fourth-order valence-corrected chi connectivity index (χ4v) is 3.47. The smallest absolute Gasteiger partial charge is 0.0959 e. The molecule has 2 unspecified atom stereocenters. The quantitative estimate of drug-likeness (QED) is 0.821.